The van der Waals surface area contributed by atoms with Gasteiger partial charge in [-0.3, -0.25) is 15.1 Å². The standard InChI is InChI=1S/C29H30N6O3S/c1-18-16-23(19(2)33(18)25-14-13-22(38-5)17-26(25)35(36)37)28-27(24-8-6-7-15-30-24)31-29(39)34(28)21-11-9-20(10-12-21)32(3)4/h6-17,27-28H,1-5H3,(H,31,39). The SMILES string of the molecule is COc1ccc(-n2c(C)cc(C3C(c4ccccn4)NC(=S)N3c3ccc(N(C)C)cc3)c2C)c([N+](=O)[O-])c1. The fraction of sp³-hybridized carbons (Fsp3) is 0.241. The summed E-state index contributed by atoms with van der Waals surface area (Å²) in [7, 11) is 5.50. The summed E-state index contributed by atoms with van der Waals surface area (Å²) in [6, 6.07) is 20.6. The average Bonchev–Trinajstić information content (AvgIpc) is 3.43. The first-order valence-corrected chi connectivity index (χ1v) is 12.9. The molecule has 10 heteroatoms. The molecule has 1 aliphatic rings. The smallest absolute Gasteiger partial charge is 0.296 e. The Labute approximate surface area is 232 Å². The van der Waals surface area contributed by atoms with Gasteiger partial charge in [0.05, 0.1) is 35.9 Å². The summed E-state index contributed by atoms with van der Waals surface area (Å²) >= 11 is 5.89. The van der Waals surface area contributed by atoms with Gasteiger partial charge in [0.15, 0.2) is 5.11 Å². The molecule has 3 heterocycles. The van der Waals surface area contributed by atoms with Gasteiger partial charge < -0.3 is 24.4 Å². The van der Waals surface area contributed by atoms with Crippen LogP contribution in [0.15, 0.2) is 72.9 Å². The topological polar surface area (TPSA) is 88.7 Å². The van der Waals surface area contributed by atoms with Gasteiger partial charge in [-0.25, -0.2) is 0 Å². The average molecular weight is 543 g/mol. The Balaban J connectivity index is 1.68. The Morgan fingerprint density at radius 3 is 2.44 bits per heavy atom. The highest BCUT2D eigenvalue weighted by Crippen LogP contribution is 2.44. The summed E-state index contributed by atoms with van der Waals surface area (Å²) in [5.74, 6) is 0.432. The van der Waals surface area contributed by atoms with E-state index in [1.54, 1.807) is 18.3 Å². The normalized spacial score (nSPS) is 16.7. The van der Waals surface area contributed by atoms with Crippen LogP contribution < -0.4 is 19.9 Å². The Bertz CT molecular complexity index is 1530. The van der Waals surface area contributed by atoms with Gasteiger partial charge in [-0.15, -0.1) is 0 Å². The fourth-order valence-electron chi connectivity index (χ4n) is 5.28. The van der Waals surface area contributed by atoms with Crippen LogP contribution in [0.25, 0.3) is 5.69 Å². The number of ether oxygens (including phenoxy) is 1. The summed E-state index contributed by atoms with van der Waals surface area (Å²) in [6.07, 6.45) is 1.77. The Kier molecular flexibility index (Phi) is 6.96. The van der Waals surface area contributed by atoms with Gasteiger partial charge in [0.1, 0.15) is 11.4 Å². The number of thiocarbonyl (C=S) groups is 1. The number of nitro benzene ring substituents is 1. The van der Waals surface area contributed by atoms with Crippen molar-refractivity contribution in [3.63, 3.8) is 0 Å². The molecule has 0 aliphatic carbocycles. The number of nitro groups is 1. The van der Waals surface area contributed by atoms with Crippen LogP contribution in [0.3, 0.4) is 0 Å². The second-order valence-electron chi connectivity index (χ2n) is 9.68. The quantitative estimate of drug-likeness (QED) is 0.182. The number of methoxy groups -OCH3 is 1. The van der Waals surface area contributed by atoms with E-state index in [-0.39, 0.29) is 22.7 Å². The third-order valence-corrected chi connectivity index (χ3v) is 7.47. The molecule has 0 saturated carbocycles. The molecule has 0 amide bonds. The largest absolute Gasteiger partial charge is 0.496 e. The number of aryl methyl sites for hydroxylation is 1. The number of anilines is 2. The lowest BCUT2D eigenvalue weighted by Gasteiger charge is -2.28. The van der Waals surface area contributed by atoms with Crippen molar-refractivity contribution in [2.24, 2.45) is 0 Å². The van der Waals surface area contributed by atoms with E-state index in [9.17, 15) is 10.1 Å². The van der Waals surface area contributed by atoms with Crippen LogP contribution in [0, 0.1) is 24.0 Å². The maximum absolute atomic E-state index is 12.0. The third-order valence-electron chi connectivity index (χ3n) is 7.15. The van der Waals surface area contributed by atoms with E-state index in [2.05, 4.69) is 45.5 Å². The van der Waals surface area contributed by atoms with Crippen LogP contribution in [-0.2, 0) is 0 Å². The molecule has 2 aromatic carbocycles. The number of hydrogen-bond acceptors (Lipinski definition) is 6. The molecule has 2 atom stereocenters. The van der Waals surface area contributed by atoms with Crippen molar-refractivity contribution in [3.05, 3.63) is 106 Å². The summed E-state index contributed by atoms with van der Waals surface area (Å²) in [5, 5.41) is 16.1. The molecule has 0 radical (unpaired) electrons. The van der Waals surface area contributed by atoms with Crippen LogP contribution in [0.1, 0.15) is 34.7 Å². The zero-order valence-electron chi connectivity index (χ0n) is 22.5. The van der Waals surface area contributed by atoms with Crippen molar-refractivity contribution < 1.29 is 9.66 Å². The Morgan fingerprint density at radius 2 is 1.82 bits per heavy atom. The molecule has 0 spiro atoms. The monoisotopic (exact) mass is 542 g/mol. The number of pyridine rings is 1. The van der Waals surface area contributed by atoms with Crippen LogP contribution in [-0.4, -0.2) is 40.8 Å². The van der Waals surface area contributed by atoms with Gasteiger partial charge in [-0.2, -0.15) is 0 Å². The van der Waals surface area contributed by atoms with Gasteiger partial charge >= 0.3 is 0 Å². The zero-order chi connectivity index (χ0) is 27.8. The molecule has 4 aromatic rings. The first-order valence-electron chi connectivity index (χ1n) is 12.5. The van der Waals surface area contributed by atoms with E-state index >= 15 is 0 Å². The molecule has 1 fully saturated rings. The summed E-state index contributed by atoms with van der Waals surface area (Å²) in [5.41, 5.74) is 6.09. The van der Waals surface area contributed by atoms with Gasteiger partial charge in [0, 0.05) is 43.1 Å². The summed E-state index contributed by atoms with van der Waals surface area (Å²) in [4.78, 5) is 20.5. The van der Waals surface area contributed by atoms with E-state index < -0.39 is 0 Å². The second-order valence-corrected chi connectivity index (χ2v) is 10.1. The van der Waals surface area contributed by atoms with Crippen molar-refractivity contribution in [1.29, 1.82) is 0 Å². The number of aromatic nitrogens is 2. The molecule has 1 aliphatic heterocycles. The van der Waals surface area contributed by atoms with Gasteiger partial charge in [0.2, 0.25) is 0 Å². The van der Waals surface area contributed by atoms with Crippen molar-refractivity contribution in [1.82, 2.24) is 14.9 Å². The van der Waals surface area contributed by atoms with Gasteiger partial charge in [-0.05, 0) is 86.2 Å². The van der Waals surface area contributed by atoms with Crippen LogP contribution in [0.4, 0.5) is 17.1 Å². The van der Waals surface area contributed by atoms with E-state index in [1.165, 1.54) is 13.2 Å². The van der Waals surface area contributed by atoms with Crippen molar-refractivity contribution >= 4 is 34.4 Å². The zero-order valence-corrected chi connectivity index (χ0v) is 23.3. The molecule has 5 rings (SSSR count). The molecule has 2 aromatic heterocycles. The minimum atomic E-state index is -0.377. The second kappa shape index (κ2) is 10.4. The minimum absolute atomic E-state index is 0.0276. The van der Waals surface area contributed by atoms with Gasteiger partial charge in [-0.1, -0.05) is 6.07 Å². The lowest BCUT2D eigenvalue weighted by molar-refractivity contribution is -0.384. The predicted molar refractivity (Wildman–Crippen MR) is 157 cm³/mol. The van der Waals surface area contributed by atoms with Gasteiger partial charge in [0.25, 0.3) is 5.69 Å². The van der Waals surface area contributed by atoms with Crippen molar-refractivity contribution in [3.8, 4) is 11.4 Å². The van der Waals surface area contributed by atoms with E-state index in [0.29, 0.717) is 16.5 Å². The minimum Gasteiger partial charge on any atom is -0.496 e. The summed E-state index contributed by atoms with van der Waals surface area (Å²) < 4.78 is 7.18. The van der Waals surface area contributed by atoms with Crippen LogP contribution in [0.2, 0.25) is 0 Å². The number of hydrogen-bond donors (Lipinski definition) is 1. The molecule has 9 nitrogen and oxygen atoms in total. The molecule has 200 valence electrons. The maximum atomic E-state index is 12.0. The molecule has 39 heavy (non-hydrogen) atoms. The molecule has 1 saturated heterocycles. The van der Waals surface area contributed by atoms with Crippen molar-refractivity contribution in [2.45, 2.75) is 25.9 Å². The first kappa shape index (κ1) is 26.2. The highest BCUT2D eigenvalue weighted by Gasteiger charge is 2.42. The lowest BCUT2D eigenvalue weighted by Crippen LogP contribution is -2.29. The van der Waals surface area contributed by atoms with Crippen molar-refractivity contribution in [2.75, 3.05) is 31.0 Å². The molecular weight excluding hydrogens is 512 g/mol. The lowest BCUT2D eigenvalue weighted by atomic mass is 9.96. The maximum Gasteiger partial charge on any atom is 0.296 e. The van der Waals surface area contributed by atoms with Crippen LogP contribution in [0.5, 0.6) is 5.75 Å². The highest BCUT2D eigenvalue weighted by molar-refractivity contribution is 7.80. The fourth-order valence-corrected chi connectivity index (χ4v) is 5.63. The molecule has 1 N–H and O–H groups in total. The Hall–Kier alpha value is -4.44. The molecular formula is C29H30N6O3S. The number of nitrogens with one attached hydrogen (secondary N) is 1. The third kappa shape index (κ3) is 4.67. The number of nitrogens with zero attached hydrogens (tertiary/aromatic N) is 5. The number of rotatable bonds is 7. The first-order chi connectivity index (χ1) is 18.7. The highest BCUT2D eigenvalue weighted by atomic mass is 32.1. The van der Waals surface area contributed by atoms with Crippen LogP contribution >= 0.6 is 12.2 Å². The predicted octanol–water partition coefficient (Wildman–Crippen LogP) is 5.65. The molecule has 2 unspecified atom stereocenters. The summed E-state index contributed by atoms with van der Waals surface area (Å²) in [6.45, 7) is 3.94. The number of benzene rings is 2. The van der Waals surface area contributed by atoms with E-state index in [4.69, 9.17) is 17.0 Å². The Morgan fingerprint density at radius 1 is 1.08 bits per heavy atom. The van der Waals surface area contributed by atoms with E-state index in [0.717, 1.165) is 34.0 Å². The molecule has 0 bridgehead atoms. The van der Waals surface area contributed by atoms with E-state index in [1.807, 2.05) is 55.6 Å².